The SMILES string of the molecule is CC#CC(=O)N1C(=O)OC[C@@H]1C(C)C. The van der Waals surface area contributed by atoms with Crippen LogP contribution in [0.4, 0.5) is 4.79 Å². The summed E-state index contributed by atoms with van der Waals surface area (Å²) in [5.41, 5.74) is 0. The van der Waals surface area contributed by atoms with Gasteiger partial charge in [0.1, 0.15) is 6.61 Å². The highest BCUT2D eigenvalue weighted by Gasteiger charge is 2.38. The van der Waals surface area contributed by atoms with Crippen molar-refractivity contribution in [2.45, 2.75) is 26.8 Å². The highest BCUT2D eigenvalue weighted by molar-refractivity contribution is 6.03. The molecule has 4 nitrogen and oxygen atoms in total. The highest BCUT2D eigenvalue weighted by atomic mass is 16.6. The first-order valence-electron chi connectivity index (χ1n) is 4.50. The van der Waals surface area contributed by atoms with E-state index in [1.54, 1.807) is 6.92 Å². The van der Waals surface area contributed by atoms with Crippen LogP contribution in [0, 0.1) is 17.8 Å². The van der Waals surface area contributed by atoms with E-state index < -0.39 is 12.0 Å². The van der Waals surface area contributed by atoms with E-state index in [4.69, 9.17) is 4.74 Å². The lowest BCUT2D eigenvalue weighted by atomic mass is 10.0. The van der Waals surface area contributed by atoms with E-state index in [0.717, 1.165) is 4.90 Å². The average Bonchev–Trinajstić information content (AvgIpc) is 2.47. The molecule has 1 fully saturated rings. The van der Waals surface area contributed by atoms with E-state index in [1.165, 1.54) is 0 Å². The highest BCUT2D eigenvalue weighted by Crippen LogP contribution is 2.19. The number of carbonyl (C=O) groups excluding carboxylic acids is 2. The molecule has 1 atom stereocenters. The number of rotatable bonds is 1. The van der Waals surface area contributed by atoms with E-state index >= 15 is 0 Å². The first-order valence-corrected chi connectivity index (χ1v) is 4.50. The van der Waals surface area contributed by atoms with Crippen molar-refractivity contribution in [1.82, 2.24) is 4.90 Å². The monoisotopic (exact) mass is 195 g/mol. The Kier molecular flexibility index (Phi) is 3.13. The number of hydrogen-bond donors (Lipinski definition) is 0. The quantitative estimate of drug-likeness (QED) is 0.587. The van der Waals surface area contributed by atoms with Crippen LogP contribution < -0.4 is 0 Å². The standard InChI is InChI=1S/C10H13NO3/c1-4-5-9(12)11-8(7(2)3)6-14-10(11)13/h7-8H,6H2,1-3H3/t8-/m1/s1. The van der Waals surface area contributed by atoms with Crippen LogP contribution in [0.5, 0.6) is 0 Å². The van der Waals surface area contributed by atoms with Gasteiger partial charge in [-0.2, -0.15) is 0 Å². The predicted octanol–water partition coefficient (Wildman–Crippen LogP) is 1.01. The summed E-state index contributed by atoms with van der Waals surface area (Å²) in [5.74, 6) is 4.52. The van der Waals surface area contributed by atoms with Crippen LogP contribution in [0.2, 0.25) is 0 Å². The van der Waals surface area contributed by atoms with Crippen LogP contribution in [-0.4, -0.2) is 29.5 Å². The van der Waals surface area contributed by atoms with Gasteiger partial charge in [0.25, 0.3) is 0 Å². The van der Waals surface area contributed by atoms with Gasteiger partial charge in [-0.1, -0.05) is 19.8 Å². The maximum atomic E-state index is 11.4. The first-order chi connectivity index (χ1) is 6.57. The molecule has 1 heterocycles. The van der Waals surface area contributed by atoms with Gasteiger partial charge in [0.15, 0.2) is 0 Å². The Balaban J connectivity index is 2.85. The van der Waals surface area contributed by atoms with Crippen molar-refractivity contribution in [3.63, 3.8) is 0 Å². The molecule has 4 heteroatoms. The molecule has 1 rings (SSSR count). The summed E-state index contributed by atoms with van der Waals surface area (Å²) in [6.45, 7) is 5.70. The fraction of sp³-hybridized carbons (Fsp3) is 0.600. The number of amides is 2. The summed E-state index contributed by atoms with van der Waals surface area (Å²) in [6.07, 6.45) is -0.587. The van der Waals surface area contributed by atoms with Crippen molar-refractivity contribution < 1.29 is 14.3 Å². The van der Waals surface area contributed by atoms with Gasteiger partial charge in [-0.15, -0.1) is 0 Å². The molecule has 0 unspecified atom stereocenters. The van der Waals surface area contributed by atoms with Crippen LogP contribution in [-0.2, 0) is 9.53 Å². The fourth-order valence-corrected chi connectivity index (χ4v) is 1.33. The topological polar surface area (TPSA) is 46.6 Å². The Hall–Kier alpha value is -1.50. The normalized spacial score (nSPS) is 20.4. The van der Waals surface area contributed by atoms with E-state index in [0.29, 0.717) is 0 Å². The lowest BCUT2D eigenvalue weighted by molar-refractivity contribution is -0.123. The number of hydrogen-bond acceptors (Lipinski definition) is 3. The average molecular weight is 195 g/mol. The second-order valence-electron chi connectivity index (χ2n) is 3.44. The summed E-state index contributed by atoms with van der Waals surface area (Å²) < 4.78 is 4.81. The van der Waals surface area contributed by atoms with Gasteiger partial charge in [-0.25, -0.2) is 9.69 Å². The minimum atomic E-state index is -0.587. The molecule has 14 heavy (non-hydrogen) atoms. The molecule has 0 aromatic rings. The van der Waals surface area contributed by atoms with Crippen molar-refractivity contribution in [2.75, 3.05) is 6.61 Å². The second-order valence-corrected chi connectivity index (χ2v) is 3.44. The molecule has 0 radical (unpaired) electrons. The maximum Gasteiger partial charge on any atom is 0.417 e. The van der Waals surface area contributed by atoms with Crippen molar-refractivity contribution in [2.24, 2.45) is 5.92 Å². The Morgan fingerprint density at radius 1 is 1.64 bits per heavy atom. The molecule has 0 spiro atoms. The fourth-order valence-electron chi connectivity index (χ4n) is 1.33. The van der Waals surface area contributed by atoms with Gasteiger partial charge in [0.2, 0.25) is 0 Å². The number of ether oxygens (including phenoxy) is 1. The molecule has 76 valence electrons. The molecular formula is C10H13NO3. The molecule has 1 aliphatic heterocycles. The molecule has 1 aliphatic rings. The summed E-state index contributed by atoms with van der Waals surface area (Å²) in [7, 11) is 0. The zero-order valence-corrected chi connectivity index (χ0v) is 8.53. The molecule has 0 aromatic carbocycles. The minimum Gasteiger partial charge on any atom is -0.447 e. The van der Waals surface area contributed by atoms with Crippen molar-refractivity contribution in [3.8, 4) is 11.8 Å². The van der Waals surface area contributed by atoms with Crippen LogP contribution in [0.3, 0.4) is 0 Å². The molecule has 0 saturated carbocycles. The minimum absolute atomic E-state index is 0.184. The van der Waals surface area contributed by atoms with Crippen LogP contribution in [0.15, 0.2) is 0 Å². The first kappa shape index (κ1) is 10.6. The van der Waals surface area contributed by atoms with Gasteiger partial charge in [0, 0.05) is 0 Å². The Labute approximate surface area is 83.2 Å². The summed E-state index contributed by atoms with van der Waals surface area (Å²) in [5, 5.41) is 0. The largest absolute Gasteiger partial charge is 0.447 e. The van der Waals surface area contributed by atoms with Crippen LogP contribution in [0.25, 0.3) is 0 Å². The zero-order chi connectivity index (χ0) is 10.7. The van der Waals surface area contributed by atoms with Crippen LogP contribution in [0.1, 0.15) is 20.8 Å². The number of carbonyl (C=O) groups is 2. The van der Waals surface area contributed by atoms with Gasteiger partial charge < -0.3 is 4.74 Å². The van der Waals surface area contributed by atoms with Crippen molar-refractivity contribution in [3.05, 3.63) is 0 Å². The molecule has 1 saturated heterocycles. The molecule has 0 aromatic heterocycles. The maximum absolute atomic E-state index is 11.4. The van der Waals surface area contributed by atoms with Crippen molar-refractivity contribution in [1.29, 1.82) is 0 Å². The third kappa shape index (κ3) is 1.87. The summed E-state index contributed by atoms with van der Waals surface area (Å²) in [6, 6.07) is -0.184. The Bertz CT molecular complexity index is 311. The predicted molar refractivity (Wildman–Crippen MR) is 50.3 cm³/mol. The smallest absolute Gasteiger partial charge is 0.417 e. The van der Waals surface area contributed by atoms with Crippen molar-refractivity contribution >= 4 is 12.0 Å². The van der Waals surface area contributed by atoms with Gasteiger partial charge >= 0.3 is 12.0 Å². The molecule has 0 N–H and O–H groups in total. The third-order valence-electron chi connectivity index (χ3n) is 2.13. The zero-order valence-electron chi connectivity index (χ0n) is 8.53. The summed E-state index contributed by atoms with van der Waals surface area (Å²) >= 11 is 0. The van der Waals surface area contributed by atoms with Crippen LogP contribution >= 0.6 is 0 Å². The van der Waals surface area contributed by atoms with E-state index in [2.05, 4.69) is 11.8 Å². The number of nitrogens with zero attached hydrogens (tertiary/aromatic N) is 1. The Morgan fingerprint density at radius 3 is 2.79 bits per heavy atom. The summed E-state index contributed by atoms with van der Waals surface area (Å²) in [4.78, 5) is 23.7. The lowest BCUT2D eigenvalue weighted by Crippen LogP contribution is -2.41. The van der Waals surface area contributed by atoms with Gasteiger partial charge in [-0.05, 0) is 18.8 Å². The number of cyclic esters (lactones) is 1. The van der Waals surface area contributed by atoms with E-state index in [9.17, 15) is 9.59 Å². The lowest BCUT2D eigenvalue weighted by Gasteiger charge is -2.19. The Morgan fingerprint density at radius 2 is 2.29 bits per heavy atom. The molecular weight excluding hydrogens is 182 g/mol. The second kappa shape index (κ2) is 4.14. The van der Waals surface area contributed by atoms with Gasteiger partial charge in [0.05, 0.1) is 6.04 Å². The van der Waals surface area contributed by atoms with Gasteiger partial charge in [-0.3, -0.25) is 4.79 Å². The molecule has 2 amide bonds. The van der Waals surface area contributed by atoms with E-state index in [1.807, 2.05) is 13.8 Å². The van der Waals surface area contributed by atoms with E-state index in [-0.39, 0.29) is 18.6 Å². The number of imide groups is 1. The molecule has 0 aliphatic carbocycles. The third-order valence-corrected chi connectivity index (χ3v) is 2.13. The molecule has 0 bridgehead atoms.